The molecule has 17 heterocycles. The van der Waals surface area contributed by atoms with Gasteiger partial charge in [0.05, 0.1) is 111 Å². The maximum Gasteiger partial charge on any atom is 0.119 e. The van der Waals surface area contributed by atoms with E-state index in [4.69, 9.17) is 68.8 Å². The molecule has 0 spiro atoms. The van der Waals surface area contributed by atoms with E-state index in [1.165, 1.54) is 11.1 Å². The zero-order chi connectivity index (χ0) is 71.4. The monoisotopic (exact) mass is 1450 g/mol. The molecule has 0 saturated heterocycles. The minimum Gasteiger partial charge on any atom is -0.494 e. The summed E-state index contributed by atoms with van der Waals surface area (Å²) < 4.78 is 24.2. The Labute approximate surface area is 632 Å². The number of fused-ring (bicyclic) bond motifs is 3. The number of rotatable bonds is 13. The first-order valence-corrected chi connectivity index (χ1v) is 36.3. The Morgan fingerprint density at radius 2 is 0.654 bits per heavy atom. The Morgan fingerprint density at radius 1 is 0.308 bits per heavy atom. The molecule has 16 aromatic rings. The van der Waals surface area contributed by atoms with Crippen LogP contribution in [-0.2, 0) is 42.8 Å². The predicted octanol–water partition coefficient (Wildman–Crippen LogP) is 20.6. The SMILES string of the molecule is Cc1ccc(OCCCc2ccc(-c3cccc(-c4ccc(CCCOc5ccc(-c6ccc7ccc8ccc(C)nc8c7n6)cc5)cn4)n3)nc2)cc1.[Cu].c1cc2nc(c1)-c1ccc(cn1)CCCOc1ccc(cc1)-c1ccc3ccc4ccc(nc4c3n1)-c1ccc(cc1)OCCCc1ccc-2nc1. The molecular formula is C92H76CuN10O4. The van der Waals surface area contributed by atoms with E-state index in [0.29, 0.717) is 26.4 Å². The van der Waals surface area contributed by atoms with E-state index in [-0.39, 0.29) is 17.1 Å². The van der Waals surface area contributed by atoms with E-state index < -0.39 is 0 Å². The summed E-state index contributed by atoms with van der Waals surface area (Å²) in [7, 11) is 0. The fourth-order valence-electron chi connectivity index (χ4n) is 13.1. The molecule has 0 aliphatic carbocycles. The van der Waals surface area contributed by atoms with E-state index in [0.717, 1.165) is 220 Å². The van der Waals surface area contributed by atoms with E-state index in [1.54, 1.807) is 0 Å². The van der Waals surface area contributed by atoms with E-state index >= 15 is 0 Å². The van der Waals surface area contributed by atoms with Gasteiger partial charge in [-0.25, -0.2) is 24.9 Å². The summed E-state index contributed by atoms with van der Waals surface area (Å²) in [5.74, 6) is 3.42. The number of aryl methyl sites for hydroxylation is 6. The van der Waals surface area contributed by atoms with Gasteiger partial charge in [-0.05, 0) is 245 Å². The summed E-state index contributed by atoms with van der Waals surface area (Å²) in [4.78, 5) is 48.7. The summed E-state index contributed by atoms with van der Waals surface area (Å²) in [5, 5.41) is 4.29. The molecule has 7 aliphatic rings. The number of benzene rings is 6. The standard InChI is InChI=1S/C47H41N5O2.C45H35N5O2.Cu/c1-32-10-21-39(22-11-32)53-28-4-6-34-13-25-42(48-30-34)44-8-3-9-45(51-44)43-26-14-35(31-49-43)7-5-29-54-40-23-18-36(19-24-40)41-27-20-38-17-16-37-15-12-33(2)50-46(37)47(38)52-41;1-6-42-40-22-8-30(28-46-40)4-2-26-51-36-18-12-32(13-19-36)38-24-16-34-10-11-35-17-25-39(50-45(35)44(34)49-38)33-14-20-37(21-15-33)52-27-3-5-31-9-23-41(47-29-31)43(7-1)48-42;/h3,8-27,30-31H,4-7,28-29H2,1-2H3;1,6-25,28-29H,2-5,26-27H2;. The fourth-order valence-corrected chi connectivity index (χ4v) is 13.1. The fraction of sp³-hybridized carbons (Fsp3) is 0.152. The van der Waals surface area contributed by atoms with Gasteiger partial charge in [0.15, 0.2) is 0 Å². The van der Waals surface area contributed by atoms with Crippen molar-refractivity contribution in [1.29, 1.82) is 0 Å². The van der Waals surface area contributed by atoms with E-state index in [2.05, 4.69) is 146 Å². The van der Waals surface area contributed by atoms with Gasteiger partial charge >= 0.3 is 0 Å². The second kappa shape index (κ2) is 33.1. The van der Waals surface area contributed by atoms with Crippen LogP contribution in [0.3, 0.4) is 0 Å². The minimum atomic E-state index is 0. The van der Waals surface area contributed by atoms with Crippen LogP contribution in [0.5, 0.6) is 23.0 Å². The zero-order valence-electron chi connectivity index (χ0n) is 59.5. The zero-order valence-corrected chi connectivity index (χ0v) is 60.4. The van der Waals surface area contributed by atoms with Crippen molar-refractivity contribution in [3.05, 3.63) is 313 Å². The van der Waals surface area contributed by atoms with Crippen molar-refractivity contribution >= 4 is 43.6 Å². The molecular weight excluding hydrogens is 1370 g/mol. The minimum absolute atomic E-state index is 0. The second-order valence-electron chi connectivity index (χ2n) is 26.7. The number of aromatic nitrogens is 10. The van der Waals surface area contributed by atoms with Crippen LogP contribution in [0.2, 0.25) is 0 Å². The third kappa shape index (κ3) is 17.2. The molecule has 107 heavy (non-hydrogen) atoms. The van der Waals surface area contributed by atoms with Crippen LogP contribution in [0.4, 0.5) is 0 Å². The molecule has 23 rings (SSSR count). The van der Waals surface area contributed by atoms with Crippen molar-refractivity contribution in [3.63, 3.8) is 0 Å². The smallest absolute Gasteiger partial charge is 0.119 e. The molecule has 0 atom stereocenters. The number of nitrogens with zero attached hydrogens (tertiary/aromatic N) is 10. The van der Waals surface area contributed by atoms with Gasteiger partial charge in [0.2, 0.25) is 0 Å². The van der Waals surface area contributed by atoms with Gasteiger partial charge in [-0.3, -0.25) is 24.9 Å². The summed E-state index contributed by atoms with van der Waals surface area (Å²) in [5.41, 5.74) is 23.0. The van der Waals surface area contributed by atoms with Crippen molar-refractivity contribution in [2.24, 2.45) is 0 Å². The van der Waals surface area contributed by atoms with Crippen LogP contribution in [0.15, 0.2) is 280 Å². The van der Waals surface area contributed by atoms with Crippen molar-refractivity contribution in [2.75, 3.05) is 26.4 Å². The quantitative estimate of drug-likeness (QED) is 0.0608. The molecule has 6 aromatic carbocycles. The molecule has 14 nitrogen and oxygen atoms in total. The average molecular weight is 1450 g/mol. The van der Waals surface area contributed by atoms with Crippen LogP contribution in [0, 0.1) is 13.8 Å². The summed E-state index contributed by atoms with van der Waals surface area (Å²) >= 11 is 0. The number of hydrogen-bond donors (Lipinski definition) is 0. The van der Waals surface area contributed by atoms with Crippen molar-refractivity contribution < 1.29 is 36.0 Å². The number of pyridine rings is 10. The van der Waals surface area contributed by atoms with E-state index in [1.807, 2.05) is 147 Å². The Kier molecular flexibility index (Phi) is 21.8. The molecule has 0 amide bonds. The number of ether oxygens (including phenoxy) is 4. The first kappa shape index (κ1) is 70.3. The van der Waals surface area contributed by atoms with E-state index in [9.17, 15) is 0 Å². The van der Waals surface area contributed by atoms with Crippen LogP contribution < -0.4 is 18.9 Å². The topological polar surface area (TPSA) is 166 Å². The molecule has 0 N–H and O–H groups in total. The Balaban J connectivity index is 0.000000170. The molecule has 529 valence electrons. The summed E-state index contributed by atoms with van der Waals surface area (Å²) in [6.07, 6.45) is 14.8. The first-order chi connectivity index (χ1) is 52.2. The largest absolute Gasteiger partial charge is 0.494 e. The predicted molar refractivity (Wildman–Crippen MR) is 423 cm³/mol. The summed E-state index contributed by atoms with van der Waals surface area (Å²) in [6, 6.07) is 86.4. The van der Waals surface area contributed by atoms with Gasteiger partial charge < -0.3 is 18.9 Å². The van der Waals surface area contributed by atoms with Crippen LogP contribution in [0.25, 0.3) is 123 Å². The van der Waals surface area contributed by atoms with Crippen LogP contribution >= 0.6 is 0 Å². The molecule has 0 saturated carbocycles. The normalized spacial score (nSPS) is 12.1. The van der Waals surface area contributed by atoms with Gasteiger partial charge in [0.25, 0.3) is 0 Å². The molecule has 0 fully saturated rings. The molecule has 14 bridgehead atoms. The van der Waals surface area contributed by atoms with Crippen LogP contribution in [0.1, 0.15) is 59.2 Å². The van der Waals surface area contributed by atoms with Crippen molar-refractivity contribution in [1.82, 2.24) is 49.8 Å². The van der Waals surface area contributed by atoms with Gasteiger partial charge in [-0.15, -0.1) is 0 Å². The molecule has 0 unspecified atom stereocenters. The molecule has 10 aromatic heterocycles. The average Bonchev–Trinajstić information content (AvgIpc) is 0.775. The van der Waals surface area contributed by atoms with Gasteiger partial charge in [-0.1, -0.05) is 103 Å². The Bertz CT molecular complexity index is 5550. The number of hydrogen-bond acceptors (Lipinski definition) is 14. The molecule has 1 radical (unpaired) electrons. The Hall–Kier alpha value is -12.4. The second-order valence-corrected chi connectivity index (χ2v) is 26.7. The third-order valence-electron chi connectivity index (χ3n) is 19.0. The summed E-state index contributed by atoms with van der Waals surface area (Å²) in [6.45, 7) is 6.60. The van der Waals surface area contributed by atoms with Crippen molar-refractivity contribution in [3.8, 4) is 102 Å². The van der Waals surface area contributed by atoms with Gasteiger partial charge in [-0.2, -0.15) is 0 Å². The maximum absolute atomic E-state index is 6.11. The molecule has 7 aliphatic heterocycles. The molecule has 15 heteroatoms. The Morgan fingerprint density at radius 3 is 1.04 bits per heavy atom. The van der Waals surface area contributed by atoms with Gasteiger partial charge in [0.1, 0.15) is 23.0 Å². The van der Waals surface area contributed by atoms with Gasteiger partial charge in [0, 0.05) is 85.8 Å². The maximum atomic E-state index is 6.11. The van der Waals surface area contributed by atoms with Crippen molar-refractivity contribution in [2.45, 2.75) is 65.2 Å². The first-order valence-electron chi connectivity index (χ1n) is 36.3. The van der Waals surface area contributed by atoms with Crippen LogP contribution in [-0.4, -0.2) is 76.3 Å². The third-order valence-corrected chi connectivity index (χ3v) is 19.0.